The van der Waals surface area contributed by atoms with Crippen LogP contribution in [-0.4, -0.2) is 63.9 Å². The molecule has 7 nitrogen and oxygen atoms in total. The van der Waals surface area contributed by atoms with Gasteiger partial charge in [0, 0.05) is 37.5 Å². The van der Waals surface area contributed by atoms with E-state index in [1.165, 1.54) is 11.3 Å². The molecule has 4 rings (SSSR count). The third kappa shape index (κ3) is 2.85. The maximum atomic E-state index is 12.9. The van der Waals surface area contributed by atoms with Crippen LogP contribution in [0.15, 0.2) is 0 Å². The molecule has 27 heavy (non-hydrogen) atoms. The number of thiazole rings is 1. The summed E-state index contributed by atoms with van der Waals surface area (Å²) < 4.78 is 0. The summed E-state index contributed by atoms with van der Waals surface area (Å²) in [6.07, 6.45) is 0.895. The molecule has 8 heteroatoms. The second-order valence-corrected chi connectivity index (χ2v) is 10.2. The number of hydrogen-bond donors (Lipinski definition) is 1. The molecule has 1 aromatic heterocycles. The molecule has 0 radical (unpaired) electrons. The average molecular weight is 391 g/mol. The van der Waals surface area contributed by atoms with E-state index in [4.69, 9.17) is 0 Å². The lowest BCUT2D eigenvalue weighted by molar-refractivity contribution is -0.158. The third-order valence-electron chi connectivity index (χ3n) is 6.47. The van der Waals surface area contributed by atoms with E-state index in [0.29, 0.717) is 30.2 Å². The first kappa shape index (κ1) is 18.4. The van der Waals surface area contributed by atoms with Crippen molar-refractivity contribution in [3.8, 4) is 0 Å². The molecule has 0 bridgehead atoms. The zero-order valence-electron chi connectivity index (χ0n) is 16.1. The number of carbonyl (C=O) groups is 3. The minimum atomic E-state index is -0.888. The van der Waals surface area contributed by atoms with Gasteiger partial charge in [-0.1, -0.05) is 13.8 Å². The molecule has 0 unspecified atom stereocenters. The van der Waals surface area contributed by atoms with Crippen molar-refractivity contribution in [3.05, 3.63) is 15.6 Å². The van der Waals surface area contributed by atoms with Crippen molar-refractivity contribution in [1.29, 1.82) is 0 Å². The van der Waals surface area contributed by atoms with Gasteiger partial charge in [-0.05, 0) is 25.7 Å². The van der Waals surface area contributed by atoms with Crippen LogP contribution in [0.1, 0.15) is 40.6 Å². The Hall–Kier alpha value is -1.96. The number of carbonyl (C=O) groups excluding carboxylic acids is 2. The summed E-state index contributed by atoms with van der Waals surface area (Å²) in [5.41, 5.74) is 0.228. The van der Waals surface area contributed by atoms with Gasteiger partial charge in [0.25, 0.3) is 5.91 Å². The smallest absolute Gasteiger partial charge is 0.309 e. The number of carboxylic acid groups (broad SMARTS) is 1. The van der Waals surface area contributed by atoms with Crippen LogP contribution in [0.4, 0.5) is 0 Å². The van der Waals surface area contributed by atoms with Crippen molar-refractivity contribution in [3.63, 3.8) is 0 Å². The van der Waals surface area contributed by atoms with Gasteiger partial charge < -0.3 is 14.9 Å². The normalized spacial score (nSPS) is 27.6. The predicted molar refractivity (Wildman–Crippen MR) is 99.5 cm³/mol. The fraction of sp³-hybridized carbons (Fsp3) is 0.684. The molecule has 2 amide bonds. The molecule has 1 spiro atoms. The number of aryl methyl sites for hydroxylation is 2. The highest BCUT2D eigenvalue weighted by atomic mass is 32.1. The Kier molecular flexibility index (Phi) is 3.93. The minimum absolute atomic E-state index is 0.0556. The van der Waals surface area contributed by atoms with Gasteiger partial charge in [0.05, 0.1) is 16.6 Å². The van der Waals surface area contributed by atoms with E-state index < -0.39 is 17.3 Å². The van der Waals surface area contributed by atoms with Crippen molar-refractivity contribution in [2.75, 3.05) is 26.2 Å². The summed E-state index contributed by atoms with van der Waals surface area (Å²) in [5, 5.41) is 10.5. The van der Waals surface area contributed by atoms with Crippen LogP contribution < -0.4 is 0 Å². The van der Waals surface area contributed by atoms with E-state index in [1.807, 2.05) is 6.92 Å². The third-order valence-corrected chi connectivity index (χ3v) is 7.53. The van der Waals surface area contributed by atoms with Crippen molar-refractivity contribution in [2.45, 2.75) is 34.1 Å². The molecule has 1 saturated carbocycles. The van der Waals surface area contributed by atoms with Crippen LogP contribution in [0.25, 0.3) is 0 Å². The largest absolute Gasteiger partial charge is 0.481 e. The van der Waals surface area contributed by atoms with Crippen LogP contribution in [0.2, 0.25) is 0 Å². The van der Waals surface area contributed by atoms with Crippen LogP contribution in [0.5, 0.6) is 0 Å². The first-order valence-electron chi connectivity index (χ1n) is 9.29. The molecule has 1 N–H and O–H groups in total. The Labute approximate surface area is 162 Å². The fourth-order valence-corrected chi connectivity index (χ4v) is 5.52. The van der Waals surface area contributed by atoms with Gasteiger partial charge >= 0.3 is 5.97 Å². The van der Waals surface area contributed by atoms with Gasteiger partial charge in [0.1, 0.15) is 4.88 Å². The zero-order chi connectivity index (χ0) is 19.7. The van der Waals surface area contributed by atoms with E-state index in [9.17, 15) is 19.5 Å². The number of rotatable bonds is 3. The molecule has 1 aliphatic carbocycles. The quantitative estimate of drug-likeness (QED) is 0.848. The molecular formula is C19H25N3O4S. The lowest BCUT2D eigenvalue weighted by Gasteiger charge is -2.50. The average Bonchev–Trinajstić information content (AvgIpc) is 2.90. The molecule has 2 atom stereocenters. The number of likely N-dealkylation sites (tertiary alicyclic amines) is 2. The molecule has 1 aromatic rings. The molecule has 3 aliphatic rings. The van der Waals surface area contributed by atoms with E-state index in [0.717, 1.165) is 11.4 Å². The standard InChI is InChI=1S/C19H25N3O4S/c1-10-14(27-11(2)20-10)16(24)21-6-13(17(25)26)19(7-21)8-22(9-19)15(23)12-5-18(12,3)4/h12-13H,5-9H2,1-4H3,(H,25,26)/t12-,13+/m1/s1. The van der Waals surface area contributed by atoms with E-state index in [-0.39, 0.29) is 29.7 Å². The highest BCUT2D eigenvalue weighted by molar-refractivity contribution is 7.13. The Morgan fingerprint density at radius 3 is 2.19 bits per heavy atom. The lowest BCUT2D eigenvalue weighted by Crippen LogP contribution is -2.63. The monoisotopic (exact) mass is 391 g/mol. The second-order valence-electron chi connectivity index (χ2n) is 9.03. The molecule has 146 valence electrons. The van der Waals surface area contributed by atoms with Gasteiger partial charge in [-0.15, -0.1) is 11.3 Å². The van der Waals surface area contributed by atoms with E-state index >= 15 is 0 Å². The number of carboxylic acids is 1. The van der Waals surface area contributed by atoms with Gasteiger partial charge in [-0.25, -0.2) is 4.98 Å². The number of aromatic nitrogens is 1. The highest BCUT2D eigenvalue weighted by Crippen LogP contribution is 2.54. The van der Waals surface area contributed by atoms with Crippen molar-refractivity contribution in [1.82, 2.24) is 14.8 Å². The Bertz CT molecular complexity index is 840. The van der Waals surface area contributed by atoms with Gasteiger partial charge in [-0.2, -0.15) is 0 Å². The molecule has 3 fully saturated rings. The summed E-state index contributed by atoms with van der Waals surface area (Å²) in [7, 11) is 0. The van der Waals surface area contributed by atoms with Crippen molar-refractivity contribution < 1.29 is 19.5 Å². The van der Waals surface area contributed by atoms with Crippen molar-refractivity contribution >= 4 is 29.1 Å². The van der Waals surface area contributed by atoms with Gasteiger partial charge in [0.15, 0.2) is 0 Å². The fourth-order valence-electron chi connectivity index (χ4n) is 4.64. The Morgan fingerprint density at radius 1 is 1.11 bits per heavy atom. The first-order valence-corrected chi connectivity index (χ1v) is 10.1. The Morgan fingerprint density at radius 2 is 1.70 bits per heavy atom. The molecule has 0 aromatic carbocycles. The topological polar surface area (TPSA) is 90.8 Å². The second kappa shape index (κ2) is 5.77. The highest BCUT2D eigenvalue weighted by Gasteiger charge is 2.62. The molecule has 2 aliphatic heterocycles. The number of aliphatic carboxylic acids is 1. The maximum Gasteiger partial charge on any atom is 0.309 e. The Balaban J connectivity index is 1.49. The zero-order valence-corrected chi connectivity index (χ0v) is 16.9. The maximum absolute atomic E-state index is 12.9. The van der Waals surface area contributed by atoms with Crippen molar-refractivity contribution in [2.24, 2.45) is 22.7 Å². The van der Waals surface area contributed by atoms with Gasteiger partial charge in [-0.3, -0.25) is 14.4 Å². The summed E-state index contributed by atoms with van der Waals surface area (Å²) in [6.45, 7) is 9.27. The molecule has 2 saturated heterocycles. The number of amides is 2. The summed E-state index contributed by atoms with van der Waals surface area (Å²) >= 11 is 1.35. The van der Waals surface area contributed by atoms with Crippen LogP contribution in [0.3, 0.4) is 0 Å². The van der Waals surface area contributed by atoms with Crippen LogP contribution in [-0.2, 0) is 9.59 Å². The van der Waals surface area contributed by atoms with Gasteiger partial charge in [0.2, 0.25) is 5.91 Å². The first-order chi connectivity index (χ1) is 12.5. The van der Waals surface area contributed by atoms with Crippen LogP contribution in [0, 0.1) is 36.5 Å². The summed E-state index contributed by atoms with van der Waals surface area (Å²) in [5.74, 6) is -1.48. The van der Waals surface area contributed by atoms with Crippen LogP contribution >= 0.6 is 11.3 Å². The lowest BCUT2D eigenvalue weighted by atomic mass is 9.71. The minimum Gasteiger partial charge on any atom is -0.481 e. The SMILES string of the molecule is Cc1nc(C)c(C(=O)N2C[C@@H](C(=O)O)C3(C2)CN(C(=O)[C@H]2CC2(C)C)C3)s1. The van der Waals surface area contributed by atoms with E-state index in [2.05, 4.69) is 18.8 Å². The number of hydrogen-bond acceptors (Lipinski definition) is 5. The molecular weight excluding hydrogens is 366 g/mol. The molecule has 3 heterocycles. The summed E-state index contributed by atoms with van der Waals surface area (Å²) in [6, 6.07) is 0. The van der Waals surface area contributed by atoms with E-state index in [1.54, 1.807) is 16.7 Å². The predicted octanol–water partition coefficient (Wildman–Crippen LogP) is 1.79. The number of nitrogens with zero attached hydrogens (tertiary/aromatic N) is 3. The summed E-state index contributed by atoms with van der Waals surface area (Å²) in [4.78, 5) is 45.7.